The molecule has 1 atom stereocenters. The Labute approximate surface area is 93.6 Å². The molecule has 1 aromatic rings. The molecule has 1 aromatic carbocycles. The van der Waals surface area contributed by atoms with Gasteiger partial charge >= 0.3 is 5.97 Å². The Kier molecular flexibility index (Phi) is 3.97. The van der Waals surface area contributed by atoms with Crippen LogP contribution >= 0.6 is 11.6 Å². The summed E-state index contributed by atoms with van der Waals surface area (Å²) in [5, 5.41) is 9.07. The minimum absolute atomic E-state index is 0.0375. The maximum atomic E-state index is 10.4. The number of aryl methyl sites for hydroxylation is 1. The van der Waals surface area contributed by atoms with Crippen LogP contribution in [-0.2, 0) is 4.79 Å². The number of benzene rings is 1. The zero-order chi connectivity index (χ0) is 11.4. The lowest BCUT2D eigenvalue weighted by Crippen LogP contribution is -2.16. The molecule has 15 heavy (non-hydrogen) atoms. The van der Waals surface area contributed by atoms with Gasteiger partial charge in [0.15, 0.2) is 0 Å². The maximum Gasteiger partial charge on any atom is 0.307 e. The van der Waals surface area contributed by atoms with Gasteiger partial charge in [0.25, 0.3) is 0 Å². The SMILES string of the molecule is Cc1ccc(OC(C)CC(=O)O)c(Cl)c1. The van der Waals surface area contributed by atoms with Gasteiger partial charge in [-0.25, -0.2) is 0 Å². The van der Waals surface area contributed by atoms with Gasteiger partial charge in [-0.3, -0.25) is 4.79 Å². The first-order valence-electron chi connectivity index (χ1n) is 4.63. The van der Waals surface area contributed by atoms with Crippen LogP contribution in [0, 0.1) is 6.92 Å². The molecule has 3 nitrogen and oxygen atoms in total. The molecular weight excluding hydrogens is 216 g/mol. The van der Waals surface area contributed by atoms with E-state index in [0.29, 0.717) is 10.8 Å². The summed E-state index contributed by atoms with van der Waals surface area (Å²) < 4.78 is 5.40. The molecule has 1 unspecified atom stereocenters. The molecule has 1 rings (SSSR count). The molecule has 0 amide bonds. The molecule has 0 aromatic heterocycles. The van der Waals surface area contributed by atoms with Crippen LogP contribution < -0.4 is 4.74 Å². The molecule has 0 bridgehead atoms. The predicted molar refractivity (Wildman–Crippen MR) is 58.5 cm³/mol. The van der Waals surface area contributed by atoms with Gasteiger partial charge in [0.1, 0.15) is 11.9 Å². The second-order valence-electron chi connectivity index (χ2n) is 3.46. The van der Waals surface area contributed by atoms with Gasteiger partial charge in [0.2, 0.25) is 0 Å². The Morgan fingerprint density at radius 2 is 2.27 bits per heavy atom. The Hall–Kier alpha value is -1.22. The molecule has 0 aliphatic carbocycles. The number of hydrogen-bond donors (Lipinski definition) is 1. The number of halogens is 1. The summed E-state index contributed by atoms with van der Waals surface area (Å²) in [7, 11) is 0. The summed E-state index contributed by atoms with van der Waals surface area (Å²) in [6.45, 7) is 3.63. The fourth-order valence-electron chi connectivity index (χ4n) is 1.21. The average molecular weight is 229 g/mol. The fourth-order valence-corrected chi connectivity index (χ4v) is 1.49. The third-order valence-electron chi connectivity index (χ3n) is 1.88. The topological polar surface area (TPSA) is 46.5 Å². The molecule has 0 aliphatic rings. The molecule has 0 spiro atoms. The van der Waals surface area contributed by atoms with Crippen LogP contribution in [0.5, 0.6) is 5.75 Å². The Morgan fingerprint density at radius 3 is 2.80 bits per heavy atom. The zero-order valence-corrected chi connectivity index (χ0v) is 9.41. The van der Waals surface area contributed by atoms with E-state index in [1.54, 1.807) is 19.1 Å². The summed E-state index contributed by atoms with van der Waals surface area (Å²) in [6.07, 6.45) is -0.424. The van der Waals surface area contributed by atoms with Crippen LogP contribution in [0.4, 0.5) is 0 Å². The van der Waals surface area contributed by atoms with Crippen LogP contribution in [0.25, 0.3) is 0 Å². The predicted octanol–water partition coefficient (Wildman–Crippen LogP) is 2.89. The monoisotopic (exact) mass is 228 g/mol. The lowest BCUT2D eigenvalue weighted by molar-refractivity contribution is -0.138. The number of hydrogen-bond acceptors (Lipinski definition) is 2. The Bertz CT molecular complexity index is 363. The molecule has 82 valence electrons. The van der Waals surface area contributed by atoms with E-state index in [1.165, 1.54) is 0 Å². The van der Waals surface area contributed by atoms with Crippen LogP contribution in [0.2, 0.25) is 5.02 Å². The number of carboxylic acids is 1. The van der Waals surface area contributed by atoms with Gasteiger partial charge in [0, 0.05) is 0 Å². The van der Waals surface area contributed by atoms with Crippen molar-refractivity contribution >= 4 is 17.6 Å². The van der Waals surface area contributed by atoms with E-state index in [0.717, 1.165) is 5.56 Å². The van der Waals surface area contributed by atoms with Gasteiger partial charge < -0.3 is 9.84 Å². The molecule has 0 aliphatic heterocycles. The number of carbonyl (C=O) groups is 1. The first-order chi connectivity index (χ1) is 6.99. The van der Waals surface area contributed by atoms with E-state index in [9.17, 15) is 4.79 Å². The highest BCUT2D eigenvalue weighted by Crippen LogP contribution is 2.26. The third kappa shape index (κ3) is 3.80. The summed E-state index contributed by atoms with van der Waals surface area (Å²) in [4.78, 5) is 10.4. The minimum Gasteiger partial charge on any atom is -0.489 e. The quantitative estimate of drug-likeness (QED) is 0.862. The summed E-state index contributed by atoms with van der Waals surface area (Å²) >= 11 is 5.94. The second kappa shape index (κ2) is 5.03. The summed E-state index contributed by atoms with van der Waals surface area (Å²) in [5.41, 5.74) is 1.04. The molecule has 0 saturated heterocycles. The van der Waals surface area contributed by atoms with Gasteiger partial charge in [-0.05, 0) is 31.5 Å². The minimum atomic E-state index is -0.884. The molecule has 0 radical (unpaired) electrons. The third-order valence-corrected chi connectivity index (χ3v) is 2.17. The van der Waals surface area contributed by atoms with Crippen molar-refractivity contribution in [1.82, 2.24) is 0 Å². The molecule has 0 fully saturated rings. The van der Waals surface area contributed by atoms with Crippen molar-refractivity contribution in [3.63, 3.8) is 0 Å². The second-order valence-corrected chi connectivity index (χ2v) is 3.87. The van der Waals surface area contributed by atoms with Gasteiger partial charge in [0.05, 0.1) is 11.4 Å². The number of ether oxygens (including phenoxy) is 1. The standard InChI is InChI=1S/C11H13ClO3/c1-7-3-4-10(9(12)5-7)15-8(2)6-11(13)14/h3-5,8H,6H2,1-2H3,(H,13,14). The average Bonchev–Trinajstić information content (AvgIpc) is 2.08. The van der Waals surface area contributed by atoms with Crippen molar-refractivity contribution in [2.24, 2.45) is 0 Å². The highest BCUT2D eigenvalue weighted by molar-refractivity contribution is 6.32. The lowest BCUT2D eigenvalue weighted by atomic mass is 10.2. The van der Waals surface area contributed by atoms with Crippen LogP contribution in [-0.4, -0.2) is 17.2 Å². The van der Waals surface area contributed by atoms with Crippen LogP contribution in [0.1, 0.15) is 18.9 Å². The fraction of sp³-hybridized carbons (Fsp3) is 0.364. The van der Waals surface area contributed by atoms with Crippen molar-refractivity contribution in [3.8, 4) is 5.75 Å². The van der Waals surface area contributed by atoms with Crippen LogP contribution in [0.15, 0.2) is 18.2 Å². The van der Waals surface area contributed by atoms with Gasteiger partial charge in [-0.1, -0.05) is 17.7 Å². The van der Waals surface area contributed by atoms with Crippen molar-refractivity contribution in [2.45, 2.75) is 26.4 Å². The Morgan fingerprint density at radius 1 is 1.60 bits per heavy atom. The summed E-state index contributed by atoms with van der Waals surface area (Å²) in [5.74, 6) is -0.359. The Balaban J connectivity index is 2.68. The normalized spacial score (nSPS) is 12.2. The van der Waals surface area contributed by atoms with E-state index in [2.05, 4.69) is 0 Å². The molecular formula is C11H13ClO3. The van der Waals surface area contributed by atoms with Crippen molar-refractivity contribution in [2.75, 3.05) is 0 Å². The van der Waals surface area contributed by atoms with E-state index in [4.69, 9.17) is 21.4 Å². The summed E-state index contributed by atoms with van der Waals surface area (Å²) in [6, 6.07) is 5.40. The zero-order valence-electron chi connectivity index (χ0n) is 8.66. The van der Waals surface area contributed by atoms with E-state index < -0.39 is 5.97 Å². The van der Waals surface area contributed by atoms with Gasteiger partial charge in [-0.2, -0.15) is 0 Å². The van der Waals surface area contributed by atoms with Crippen molar-refractivity contribution in [1.29, 1.82) is 0 Å². The molecule has 0 heterocycles. The maximum absolute atomic E-state index is 10.4. The van der Waals surface area contributed by atoms with E-state index in [1.807, 2.05) is 13.0 Å². The van der Waals surface area contributed by atoms with E-state index in [-0.39, 0.29) is 12.5 Å². The van der Waals surface area contributed by atoms with Crippen molar-refractivity contribution < 1.29 is 14.6 Å². The van der Waals surface area contributed by atoms with Crippen molar-refractivity contribution in [3.05, 3.63) is 28.8 Å². The van der Waals surface area contributed by atoms with E-state index >= 15 is 0 Å². The largest absolute Gasteiger partial charge is 0.489 e. The number of carboxylic acid groups (broad SMARTS) is 1. The number of aliphatic carboxylic acids is 1. The highest BCUT2D eigenvalue weighted by atomic mass is 35.5. The highest BCUT2D eigenvalue weighted by Gasteiger charge is 2.10. The molecule has 4 heteroatoms. The first kappa shape index (κ1) is 11.9. The lowest BCUT2D eigenvalue weighted by Gasteiger charge is -2.13. The van der Waals surface area contributed by atoms with Gasteiger partial charge in [-0.15, -0.1) is 0 Å². The van der Waals surface area contributed by atoms with Crippen LogP contribution in [0.3, 0.4) is 0 Å². The molecule has 1 N–H and O–H groups in total. The smallest absolute Gasteiger partial charge is 0.307 e. The molecule has 0 saturated carbocycles. The first-order valence-corrected chi connectivity index (χ1v) is 5.01. The number of rotatable bonds is 4.